The molecule has 0 radical (unpaired) electrons. The second kappa shape index (κ2) is 4.64. The van der Waals surface area contributed by atoms with E-state index in [1.807, 2.05) is 7.05 Å². The standard InChI is InChI=1S/C9H15N3O2/c1-4-14-9(13)7(2)11-8-5-10-12(3)6-8/h5-7,11H,4H2,1-3H3. The van der Waals surface area contributed by atoms with Crippen molar-refractivity contribution in [3.8, 4) is 0 Å². The van der Waals surface area contributed by atoms with Gasteiger partial charge in [0.2, 0.25) is 0 Å². The molecule has 5 heteroatoms. The van der Waals surface area contributed by atoms with Crippen molar-refractivity contribution in [1.82, 2.24) is 9.78 Å². The minimum absolute atomic E-state index is 0.253. The monoisotopic (exact) mass is 197 g/mol. The molecule has 0 saturated carbocycles. The smallest absolute Gasteiger partial charge is 0.328 e. The number of carbonyl (C=O) groups excluding carboxylic acids is 1. The summed E-state index contributed by atoms with van der Waals surface area (Å²) in [6, 6.07) is -0.348. The Balaban J connectivity index is 2.48. The Morgan fingerprint density at radius 2 is 2.50 bits per heavy atom. The Kier molecular flexibility index (Phi) is 3.50. The summed E-state index contributed by atoms with van der Waals surface area (Å²) in [6.45, 7) is 3.94. The lowest BCUT2D eigenvalue weighted by Gasteiger charge is -2.11. The summed E-state index contributed by atoms with van der Waals surface area (Å²) in [4.78, 5) is 11.2. The van der Waals surface area contributed by atoms with E-state index in [4.69, 9.17) is 4.74 Å². The van der Waals surface area contributed by atoms with Gasteiger partial charge in [0.25, 0.3) is 0 Å². The molecule has 1 atom stereocenters. The van der Waals surface area contributed by atoms with Crippen LogP contribution in [-0.2, 0) is 16.6 Å². The maximum absolute atomic E-state index is 11.2. The van der Waals surface area contributed by atoms with Crippen molar-refractivity contribution in [1.29, 1.82) is 0 Å². The van der Waals surface area contributed by atoms with E-state index in [0.717, 1.165) is 5.69 Å². The highest BCUT2D eigenvalue weighted by molar-refractivity contribution is 5.78. The van der Waals surface area contributed by atoms with E-state index < -0.39 is 0 Å². The molecule has 0 fully saturated rings. The number of aromatic nitrogens is 2. The highest BCUT2D eigenvalue weighted by atomic mass is 16.5. The summed E-state index contributed by atoms with van der Waals surface area (Å²) in [6.07, 6.45) is 3.46. The number of carbonyl (C=O) groups is 1. The van der Waals surface area contributed by atoms with Gasteiger partial charge in [0.05, 0.1) is 18.5 Å². The van der Waals surface area contributed by atoms with Crippen LogP contribution in [0.2, 0.25) is 0 Å². The lowest BCUT2D eigenvalue weighted by atomic mass is 10.3. The van der Waals surface area contributed by atoms with E-state index in [0.29, 0.717) is 6.61 Å². The third-order valence-electron chi connectivity index (χ3n) is 1.73. The van der Waals surface area contributed by atoms with Crippen molar-refractivity contribution in [2.75, 3.05) is 11.9 Å². The van der Waals surface area contributed by atoms with Crippen molar-refractivity contribution in [2.45, 2.75) is 19.9 Å². The molecule has 0 bridgehead atoms. The van der Waals surface area contributed by atoms with Gasteiger partial charge in [0, 0.05) is 13.2 Å². The van der Waals surface area contributed by atoms with Gasteiger partial charge in [0.1, 0.15) is 6.04 Å². The molecule has 5 nitrogen and oxygen atoms in total. The van der Waals surface area contributed by atoms with Crippen molar-refractivity contribution in [3.63, 3.8) is 0 Å². The van der Waals surface area contributed by atoms with E-state index in [2.05, 4.69) is 10.4 Å². The van der Waals surface area contributed by atoms with Gasteiger partial charge in [-0.25, -0.2) is 4.79 Å². The third kappa shape index (κ3) is 2.76. The molecule has 1 unspecified atom stereocenters. The fourth-order valence-electron chi connectivity index (χ4n) is 1.07. The van der Waals surface area contributed by atoms with Crippen LogP contribution in [0.4, 0.5) is 5.69 Å². The second-order valence-electron chi connectivity index (χ2n) is 3.02. The van der Waals surface area contributed by atoms with Gasteiger partial charge >= 0.3 is 5.97 Å². The number of nitrogens with zero attached hydrogens (tertiary/aromatic N) is 2. The molecule has 1 rings (SSSR count). The van der Waals surface area contributed by atoms with Crippen molar-refractivity contribution < 1.29 is 9.53 Å². The van der Waals surface area contributed by atoms with Gasteiger partial charge in [-0.15, -0.1) is 0 Å². The van der Waals surface area contributed by atoms with Crippen LogP contribution in [0.15, 0.2) is 12.4 Å². The maximum Gasteiger partial charge on any atom is 0.328 e. The first-order valence-corrected chi connectivity index (χ1v) is 4.55. The number of hydrogen-bond acceptors (Lipinski definition) is 4. The van der Waals surface area contributed by atoms with Gasteiger partial charge in [0.15, 0.2) is 0 Å². The van der Waals surface area contributed by atoms with E-state index in [1.165, 1.54) is 0 Å². The van der Waals surface area contributed by atoms with Crippen molar-refractivity contribution >= 4 is 11.7 Å². The van der Waals surface area contributed by atoms with Gasteiger partial charge in [-0.1, -0.05) is 0 Å². The Bertz CT molecular complexity index is 309. The van der Waals surface area contributed by atoms with Crippen LogP contribution in [0, 0.1) is 0 Å². The summed E-state index contributed by atoms with van der Waals surface area (Å²) in [5.74, 6) is -0.253. The predicted molar refractivity (Wildman–Crippen MR) is 52.9 cm³/mol. The molecule has 0 aromatic carbocycles. The Hall–Kier alpha value is -1.52. The summed E-state index contributed by atoms with van der Waals surface area (Å²) in [5.41, 5.74) is 0.813. The zero-order valence-corrected chi connectivity index (χ0v) is 8.65. The molecule has 1 aromatic heterocycles. The minimum Gasteiger partial charge on any atom is -0.464 e. The van der Waals surface area contributed by atoms with E-state index in [9.17, 15) is 4.79 Å². The molecule has 1 N–H and O–H groups in total. The Morgan fingerprint density at radius 3 is 3.00 bits per heavy atom. The van der Waals surface area contributed by atoms with Crippen LogP contribution in [0.1, 0.15) is 13.8 Å². The van der Waals surface area contributed by atoms with Crippen LogP contribution in [-0.4, -0.2) is 28.4 Å². The highest BCUT2D eigenvalue weighted by Crippen LogP contribution is 2.06. The average Bonchev–Trinajstić information content (AvgIpc) is 2.51. The highest BCUT2D eigenvalue weighted by Gasteiger charge is 2.13. The van der Waals surface area contributed by atoms with Crippen molar-refractivity contribution in [2.24, 2.45) is 7.05 Å². The zero-order chi connectivity index (χ0) is 10.6. The lowest BCUT2D eigenvalue weighted by Crippen LogP contribution is -2.27. The molecule has 0 aliphatic carbocycles. The third-order valence-corrected chi connectivity index (χ3v) is 1.73. The fraction of sp³-hybridized carbons (Fsp3) is 0.556. The molecule has 78 valence electrons. The summed E-state index contributed by atoms with van der Waals surface area (Å²) in [5, 5.41) is 6.97. The lowest BCUT2D eigenvalue weighted by molar-refractivity contribution is -0.143. The SMILES string of the molecule is CCOC(=O)C(C)Nc1cnn(C)c1. The number of aryl methyl sites for hydroxylation is 1. The fourth-order valence-corrected chi connectivity index (χ4v) is 1.07. The van der Waals surface area contributed by atoms with E-state index in [1.54, 1.807) is 30.9 Å². The number of hydrogen-bond donors (Lipinski definition) is 1. The normalized spacial score (nSPS) is 12.2. The average molecular weight is 197 g/mol. The molecule has 0 amide bonds. The Morgan fingerprint density at radius 1 is 1.79 bits per heavy atom. The molecule has 0 aliphatic rings. The van der Waals surface area contributed by atoms with Gasteiger partial charge in [-0.3, -0.25) is 4.68 Å². The van der Waals surface area contributed by atoms with Gasteiger partial charge < -0.3 is 10.1 Å². The minimum atomic E-state index is -0.348. The topological polar surface area (TPSA) is 56.1 Å². The number of nitrogens with one attached hydrogen (secondary N) is 1. The van der Waals surface area contributed by atoms with Gasteiger partial charge in [-0.05, 0) is 13.8 Å². The molecule has 0 saturated heterocycles. The number of anilines is 1. The predicted octanol–water partition coefficient (Wildman–Crippen LogP) is 0.784. The molecule has 14 heavy (non-hydrogen) atoms. The van der Waals surface area contributed by atoms with Crippen molar-refractivity contribution in [3.05, 3.63) is 12.4 Å². The zero-order valence-electron chi connectivity index (χ0n) is 8.65. The van der Waals surface area contributed by atoms with Crippen LogP contribution in [0.3, 0.4) is 0 Å². The van der Waals surface area contributed by atoms with Crippen LogP contribution in [0.25, 0.3) is 0 Å². The van der Waals surface area contributed by atoms with Crippen LogP contribution < -0.4 is 5.32 Å². The van der Waals surface area contributed by atoms with Gasteiger partial charge in [-0.2, -0.15) is 5.10 Å². The van der Waals surface area contributed by atoms with Crippen LogP contribution in [0.5, 0.6) is 0 Å². The quantitative estimate of drug-likeness (QED) is 0.725. The molecule has 0 spiro atoms. The molecule has 0 aliphatic heterocycles. The first-order valence-electron chi connectivity index (χ1n) is 4.55. The molecule has 1 aromatic rings. The number of esters is 1. The first-order chi connectivity index (χ1) is 6.63. The van der Waals surface area contributed by atoms with Crippen LogP contribution >= 0.6 is 0 Å². The summed E-state index contributed by atoms with van der Waals surface area (Å²) >= 11 is 0. The number of rotatable bonds is 4. The first kappa shape index (κ1) is 10.6. The summed E-state index contributed by atoms with van der Waals surface area (Å²) < 4.78 is 6.52. The molecular weight excluding hydrogens is 182 g/mol. The molecular formula is C9H15N3O2. The summed E-state index contributed by atoms with van der Waals surface area (Å²) in [7, 11) is 1.82. The largest absolute Gasteiger partial charge is 0.464 e. The van der Waals surface area contributed by atoms with E-state index in [-0.39, 0.29) is 12.0 Å². The second-order valence-corrected chi connectivity index (χ2v) is 3.02. The Labute approximate surface area is 83.1 Å². The van der Waals surface area contributed by atoms with E-state index >= 15 is 0 Å². The number of ether oxygens (including phenoxy) is 1. The maximum atomic E-state index is 11.2. The molecule has 1 heterocycles.